The van der Waals surface area contributed by atoms with Gasteiger partial charge in [0.05, 0.1) is 29.2 Å². The van der Waals surface area contributed by atoms with E-state index >= 15 is 0 Å². The summed E-state index contributed by atoms with van der Waals surface area (Å²) in [4.78, 5) is 55.5. The lowest BCUT2D eigenvalue weighted by Gasteiger charge is -2.31. The number of primary amides is 1. The Morgan fingerprint density at radius 3 is 2.76 bits per heavy atom. The predicted octanol–water partition coefficient (Wildman–Crippen LogP) is 2.34. The van der Waals surface area contributed by atoms with E-state index in [0.717, 1.165) is 19.3 Å². The lowest BCUT2D eigenvalue weighted by Crippen LogP contribution is -2.43. The average molecular weight is 489 g/mol. The Kier molecular flexibility index (Phi) is 9.50. The van der Waals surface area contributed by atoms with Crippen LogP contribution >= 0.6 is 11.8 Å². The van der Waals surface area contributed by atoms with E-state index in [1.54, 1.807) is 34.6 Å². The molecule has 2 amide bonds. The SMILES string of the molecule is CCOC(=O)C1CCCN(C(=O)CSc2nc3ccccc3c(=O)n2CCCCCC(N)=O)C1. The van der Waals surface area contributed by atoms with Crippen LogP contribution in [0.3, 0.4) is 0 Å². The summed E-state index contributed by atoms with van der Waals surface area (Å²) < 4.78 is 6.73. The number of nitrogens with two attached hydrogens (primary N) is 1. The van der Waals surface area contributed by atoms with E-state index in [9.17, 15) is 19.2 Å². The first kappa shape index (κ1) is 25.7. The van der Waals surface area contributed by atoms with Crippen molar-refractivity contribution in [2.24, 2.45) is 11.7 Å². The predicted molar refractivity (Wildman–Crippen MR) is 130 cm³/mol. The van der Waals surface area contributed by atoms with Crippen LogP contribution in [0.15, 0.2) is 34.2 Å². The first-order valence-electron chi connectivity index (χ1n) is 11.8. The number of rotatable bonds is 11. The zero-order valence-electron chi connectivity index (χ0n) is 19.5. The second kappa shape index (κ2) is 12.5. The molecule has 10 heteroatoms. The Balaban J connectivity index is 1.69. The van der Waals surface area contributed by atoms with Crippen LogP contribution in [0, 0.1) is 5.92 Å². The van der Waals surface area contributed by atoms with E-state index in [0.29, 0.717) is 61.6 Å². The van der Waals surface area contributed by atoms with Crippen molar-refractivity contribution in [3.8, 4) is 0 Å². The molecule has 2 heterocycles. The van der Waals surface area contributed by atoms with Gasteiger partial charge in [-0.25, -0.2) is 4.98 Å². The van der Waals surface area contributed by atoms with Crippen LogP contribution in [0.5, 0.6) is 0 Å². The number of ether oxygens (including phenoxy) is 1. The molecule has 1 aliphatic rings. The number of piperidine rings is 1. The van der Waals surface area contributed by atoms with Crippen LogP contribution in [0.4, 0.5) is 0 Å². The van der Waals surface area contributed by atoms with Gasteiger partial charge in [-0.2, -0.15) is 0 Å². The third kappa shape index (κ3) is 6.82. The van der Waals surface area contributed by atoms with Crippen molar-refractivity contribution in [3.63, 3.8) is 0 Å². The summed E-state index contributed by atoms with van der Waals surface area (Å²) in [5.41, 5.74) is 5.64. The van der Waals surface area contributed by atoms with Crippen molar-refractivity contribution in [3.05, 3.63) is 34.6 Å². The summed E-state index contributed by atoms with van der Waals surface area (Å²) in [5.74, 6) is -0.840. The largest absolute Gasteiger partial charge is 0.466 e. The molecule has 0 saturated carbocycles. The zero-order chi connectivity index (χ0) is 24.5. The van der Waals surface area contributed by atoms with E-state index < -0.39 is 0 Å². The zero-order valence-corrected chi connectivity index (χ0v) is 20.3. The number of aromatic nitrogens is 2. The van der Waals surface area contributed by atoms with Crippen LogP contribution in [-0.4, -0.2) is 57.7 Å². The van der Waals surface area contributed by atoms with Gasteiger partial charge < -0.3 is 15.4 Å². The molecule has 0 radical (unpaired) electrons. The van der Waals surface area contributed by atoms with Crippen molar-refractivity contribution < 1.29 is 19.1 Å². The number of benzene rings is 1. The minimum Gasteiger partial charge on any atom is -0.466 e. The molecule has 0 aliphatic carbocycles. The molecule has 2 aromatic rings. The van der Waals surface area contributed by atoms with Gasteiger partial charge in [0.15, 0.2) is 5.16 Å². The standard InChI is InChI=1S/C24H32N4O5S/c1-2-33-23(32)17-9-8-13-27(15-17)21(30)16-34-24-26-19-11-6-5-10-18(19)22(31)28(24)14-7-3-4-12-20(25)29/h5-6,10-11,17H,2-4,7-9,12-16H2,1H3,(H2,25,29). The molecule has 1 aromatic carbocycles. The Labute approximate surface area is 203 Å². The Morgan fingerprint density at radius 1 is 1.21 bits per heavy atom. The Morgan fingerprint density at radius 2 is 2.00 bits per heavy atom. The highest BCUT2D eigenvalue weighted by molar-refractivity contribution is 7.99. The van der Waals surface area contributed by atoms with Crippen LogP contribution in [0.25, 0.3) is 10.9 Å². The number of para-hydroxylation sites is 1. The van der Waals surface area contributed by atoms with Crippen LogP contribution in [0.2, 0.25) is 0 Å². The number of likely N-dealkylation sites (tertiary alicyclic amines) is 1. The van der Waals surface area contributed by atoms with E-state index in [4.69, 9.17) is 10.5 Å². The molecule has 1 fully saturated rings. The number of carbonyl (C=O) groups excluding carboxylic acids is 3. The van der Waals surface area contributed by atoms with Gasteiger partial charge in [0, 0.05) is 26.1 Å². The number of esters is 1. The second-order valence-corrected chi connectivity index (χ2v) is 9.31. The van der Waals surface area contributed by atoms with E-state index in [1.807, 2.05) is 6.07 Å². The molecular weight excluding hydrogens is 456 g/mol. The quantitative estimate of drug-likeness (QED) is 0.223. The second-order valence-electron chi connectivity index (χ2n) is 8.36. The fourth-order valence-corrected chi connectivity index (χ4v) is 5.00. The summed E-state index contributed by atoms with van der Waals surface area (Å²) >= 11 is 1.24. The van der Waals surface area contributed by atoms with Crippen molar-refractivity contribution in [1.29, 1.82) is 0 Å². The van der Waals surface area contributed by atoms with E-state index in [2.05, 4.69) is 4.98 Å². The summed E-state index contributed by atoms with van der Waals surface area (Å²) in [6.45, 7) is 3.50. The molecule has 0 spiro atoms. The molecule has 2 N–H and O–H groups in total. The minimum absolute atomic E-state index is 0.0885. The molecule has 1 unspecified atom stereocenters. The number of nitrogens with zero attached hydrogens (tertiary/aromatic N) is 3. The van der Waals surface area contributed by atoms with Crippen molar-refractivity contribution in [2.75, 3.05) is 25.4 Å². The highest BCUT2D eigenvalue weighted by Crippen LogP contribution is 2.22. The Bertz CT molecular complexity index is 1090. The maximum absolute atomic E-state index is 13.1. The molecule has 1 aliphatic heterocycles. The van der Waals surface area contributed by atoms with Crippen LogP contribution in [0.1, 0.15) is 45.4 Å². The monoisotopic (exact) mass is 488 g/mol. The number of hydrogen-bond acceptors (Lipinski definition) is 7. The third-order valence-electron chi connectivity index (χ3n) is 5.85. The van der Waals surface area contributed by atoms with Gasteiger partial charge >= 0.3 is 5.97 Å². The van der Waals surface area contributed by atoms with Crippen molar-refractivity contribution in [2.45, 2.75) is 57.1 Å². The molecule has 34 heavy (non-hydrogen) atoms. The van der Waals surface area contributed by atoms with E-state index in [-0.39, 0.29) is 35.0 Å². The highest BCUT2D eigenvalue weighted by atomic mass is 32.2. The van der Waals surface area contributed by atoms with Crippen LogP contribution < -0.4 is 11.3 Å². The highest BCUT2D eigenvalue weighted by Gasteiger charge is 2.29. The van der Waals surface area contributed by atoms with Gasteiger partial charge in [-0.15, -0.1) is 0 Å². The summed E-state index contributed by atoms with van der Waals surface area (Å²) in [6, 6.07) is 7.16. The van der Waals surface area contributed by atoms with Gasteiger partial charge in [-0.05, 0) is 44.7 Å². The fourth-order valence-electron chi connectivity index (χ4n) is 4.07. The van der Waals surface area contributed by atoms with Gasteiger partial charge in [0.2, 0.25) is 11.8 Å². The molecule has 184 valence electrons. The topological polar surface area (TPSA) is 125 Å². The molecule has 3 rings (SSSR count). The molecule has 0 bridgehead atoms. The van der Waals surface area contributed by atoms with Crippen LogP contribution in [-0.2, 0) is 25.7 Å². The number of amides is 2. The smallest absolute Gasteiger partial charge is 0.310 e. The lowest BCUT2D eigenvalue weighted by atomic mass is 9.98. The number of thioether (sulfide) groups is 1. The third-order valence-corrected chi connectivity index (χ3v) is 6.81. The number of unbranched alkanes of at least 4 members (excludes halogenated alkanes) is 2. The molecule has 1 atom stereocenters. The van der Waals surface area contributed by atoms with Crippen molar-refractivity contribution in [1.82, 2.24) is 14.5 Å². The number of carbonyl (C=O) groups is 3. The molecule has 9 nitrogen and oxygen atoms in total. The summed E-state index contributed by atoms with van der Waals surface area (Å²) in [5, 5.41) is 1.02. The molecular formula is C24H32N4O5S. The first-order valence-corrected chi connectivity index (χ1v) is 12.7. The summed E-state index contributed by atoms with van der Waals surface area (Å²) in [6.07, 6.45) is 3.92. The first-order chi connectivity index (χ1) is 16.4. The normalized spacial score (nSPS) is 15.9. The fraction of sp³-hybridized carbons (Fsp3) is 0.542. The van der Waals surface area contributed by atoms with E-state index in [1.165, 1.54) is 11.8 Å². The Hall–Kier alpha value is -2.88. The van der Waals surface area contributed by atoms with Gasteiger partial charge in [-0.1, -0.05) is 30.3 Å². The maximum Gasteiger partial charge on any atom is 0.310 e. The van der Waals surface area contributed by atoms with Crippen molar-refractivity contribution >= 4 is 40.4 Å². The average Bonchev–Trinajstić information content (AvgIpc) is 2.83. The lowest BCUT2D eigenvalue weighted by molar-refractivity contribution is -0.151. The minimum atomic E-state index is -0.331. The molecule has 1 saturated heterocycles. The summed E-state index contributed by atoms with van der Waals surface area (Å²) in [7, 11) is 0. The molecule has 1 aromatic heterocycles. The van der Waals surface area contributed by atoms with Gasteiger partial charge in [0.1, 0.15) is 0 Å². The van der Waals surface area contributed by atoms with Gasteiger partial charge in [0.25, 0.3) is 5.56 Å². The number of fused-ring (bicyclic) bond motifs is 1. The maximum atomic E-state index is 13.1. The van der Waals surface area contributed by atoms with Gasteiger partial charge in [-0.3, -0.25) is 23.7 Å². The number of hydrogen-bond donors (Lipinski definition) is 1.